The number of ether oxygens (including phenoxy) is 1. The van der Waals surface area contributed by atoms with Crippen LogP contribution in [0.15, 0.2) is 12.3 Å². The quantitative estimate of drug-likeness (QED) is 0.799. The maximum absolute atomic E-state index is 13.6. The number of hydrogen-bond donors (Lipinski definition) is 1. The van der Waals surface area contributed by atoms with Crippen molar-refractivity contribution in [1.82, 2.24) is 4.98 Å². The van der Waals surface area contributed by atoms with E-state index in [9.17, 15) is 4.39 Å². The summed E-state index contributed by atoms with van der Waals surface area (Å²) in [6, 6.07) is 1.41. The first-order chi connectivity index (χ1) is 6.74. The van der Waals surface area contributed by atoms with Crippen LogP contribution in [-0.2, 0) is 0 Å². The molecule has 0 spiro atoms. The van der Waals surface area contributed by atoms with Crippen molar-refractivity contribution in [2.24, 2.45) is 11.7 Å². The van der Waals surface area contributed by atoms with Gasteiger partial charge < -0.3 is 10.5 Å². The number of rotatable bonds is 3. The van der Waals surface area contributed by atoms with Crippen molar-refractivity contribution in [3.05, 3.63) is 23.6 Å². The average molecular weight is 196 g/mol. The zero-order valence-electron chi connectivity index (χ0n) is 8.03. The molecule has 76 valence electrons. The molecule has 14 heavy (non-hydrogen) atoms. The summed E-state index contributed by atoms with van der Waals surface area (Å²) in [5, 5.41) is 0. The molecule has 1 fully saturated rings. The van der Waals surface area contributed by atoms with Gasteiger partial charge in [0.25, 0.3) is 0 Å². The maximum atomic E-state index is 13.6. The molecule has 1 aromatic heterocycles. The predicted molar refractivity (Wildman–Crippen MR) is 50.4 cm³/mol. The molecular formula is C10H13FN2O. The molecule has 1 aromatic rings. The van der Waals surface area contributed by atoms with E-state index < -0.39 is 5.82 Å². The van der Waals surface area contributed by atoms with E-state index in [1.807, 2.05) is 0 Å². The molecule has 0 saturated heterocycles. The van der Waals surface area contributed by atoms with Crippen LogP contribution in [0.25, 0.3) is 0 Å². The van der Waals surface area contributed by atoms with Crippen LogP contribution in [-0.4, -0.2) is 12.1 Å². The zero-order chi connectivity index (χ0) is 10.1. The standard InChI is InChI=1S/C10H13FN2O/c1-14-10-8(11)7(4-5-13-10)9(12)6-2-3-6/h4-6,9H,2-3,12H2,1H3. The summed E-state index contributed by atoms with van der Waals surface area (Å²) in [4.78, 5) is 3.77. The van der Waals surface area contributed by atoms with Crippen molar-refractivity contribution in [2.75, 3.05) is 7.11 Å². The van der Waals surface area contributed by atoms with Crippen LogP contribution in [0.4, 0.5) is 4.39 Å². The maximum Gasteiger partial charge on any atom is 0.250 e. The van der Waals surface area contributed by atoms with E-state index in [2.05, 4.69) is 4.98 Å². The minimum atomic E-state index is -0.422. The lowest BCUT2D eigenvalue weighted by molar-refractivity contribution is 0.364. The van der Waals surface area contributed by atoms with Crippen molar-refractivity contribution in [2.45, 2.75) is 18.9 Å². The van der Waals surface area contributed by atoms with Crippen LogP contribution in [0.2, 0.25) is 0 Å². The Labute approximate surface area is 82.1 Å². The highest BCUT2D eigenvalue weighted by molar-refractivity contribution is 5.27. The number of halogens is 1. The van der Waals surface area contributed by atoms with Crippen molar-refractivity contribution in [3.8, 4) is 5.88 Å². The van der Waals surface area contributed by atoms with Crippen molar-refractivity contribution in [3.63, 3.8) is 0 Å². The summed E-state index contributed by atoms with van der Waals surface area (Å²) >= 11 is 0. The first-order valence-electron chi connectivity index (χ1n) is 4.68. The van der Waals surface area contributed by atoms with E-state index in [4.69, 9.17) is 10.5 Å². The van der Waals surface area contributed by atoms with E-state index in [-0.39, 0.29) is 11.9 Å². The third-order valence-electron chi connectivity index (χ3n) is 2.57. The number of hydrogen-bond acceptors (Lipinski definition) is 3. The monoisotopic (exact) mass is 196 g/mol. The van der Waals surface area contributed by atoms with Gasteiger partial charge in [-0.25, -0.2) is 9.37 Å². The fourth-order valence-corrected chi connectivity index (χ4v) is 1.55. The molecule has 0 bridgehead atoms. The lowest BCUT2D eigenvalue weighted by Gasteiger charge is -2.12. The normalized spacial score (nSPS) is 17.9. The summed E-state index contributed by atoms with van der Waals surface area (Å²) in [6.07, 6.45) is 3.70. The molecule has 1 saturated carbocycles. The summed E-state index contributed by atoms with van der Waals surface area (Å²) in [6.45, 7) is 0. The number of nitrogens with two attached hydrogens (primary N) is 1. The van der Waals surface area contributed by atoms with E-state index in [0.29, 0.717) is 11.5 Å². The van der Waals surface area contributed by atoms with Crippen LogP contribution in [0.1, 0.15) is 24.4 Å². The molecule has 2 N–H and O–H groups in total. The Balaban J connectivity index is 2.31. The third-order valence-corrected chi connectivity index (χ3v) is 2.57. The van der Waals surface area contributed by atoms with Crippen LogP contribution in [0.3, 0.4) is 0 Å². The van der Waals surface area contributed by atoms with Crippen molar-refractivity contribution in [1.29, 1.82) is 0 Å². The summed E-state index contributed by atoms with van der Waals surface area (Å²) < 4.78 is 18.4. The van der Waals surface area contributed by atoms with Gasteiger partial charge in [-0.1, -0.05) is 0 Å². The molecule has 1 atom stereocenters. The number of aromatic nitrogens is 1. The smallest absolute Gasteiger partial charge is 0.250 e. The SMILES string of the molecule is COc1nccc(C(N)C2CC2)c1F. The lowest BCUT2D eigenvalue weighted by atomic mass is 10.0. The summed E-state index contributed by atoms with van der Waals surface area (Å²) in [7, 11) is 1.40. The molecule has 0 amide bonds. The molecule has 4 heteroatoms. The van der Waals surface area contributed by atoms with Gasteiger partial charge in [0.15, 0.2) is 5.82 Å². The molecule has 2 rings (SSSR count). The molecule has 0 aliphatic heterocycles. The summed E-state index contributed by atoms with van der Waals surface area (Å²) in [5.74, 6) is 0.0320. The fraction of sp³-hybridized carbons (Fsp3) is 0.500. The van der Waals surface area contributed by atoms with E-state index in [1.54, 1.807) is 6.07 Å². The van der Waals surface area contributed by atoms with Gasteiger partial charge in [0.2, 0.25) is 5.88 Å². The van der Waals surface area contributed by atoms with Gasteiger partial charge in [-0.15, -0.1) is 0 Å². The van der Waals surface area contributed by atoms with Gasteiger partial charge in [-0.05, 0) is 24.8 Å². The Morgan fingerprint density at radius 2 is 2.36 bits per heavy atom. The molecule has 1 heterocycles. The summed E-state index contributed by atoms with van der Waals surface area (Å²) in [5.41, 5.74) is 6.41. The fourth-order valence-electron chi connectivity index (χ4n) is 1.55. The van der Waals surface area contributed by atoms with Crippen LogP contribution in [0, 0.1) is 11.7 Å². The van der Waals surface area contributed by atoms with Gasteiger partial charge >= 0.3 is 0 Å². The Kier molecular flexibility index (Phi) is 2.37. The second-order valence-electron chi connectivity index (χ2n) is 3.59. The Hall–Kier alpha value is -1.16. The Bertz CT molecular complexity index is 339. The van der Waals surface area contributed by atoms with Gasteiger partial charge in [0.05, 0.1) is 7.11 Å². The molecule has 0 aromatic carbocycles. The first-order valence-corrected chi connectivity index (χ1v) is 4.68. The van der Waals surface area contributed by atoms with Gasteiger partial charge in [0.1, 0.15) is 0 Å². The lowest BCUT2D eigenvalue weighted by Crippen LogP contribution is -2.15. The van der Waals surface area contributed by atoms with Crippen LogP contribution < -0.4 is 10.5 Å². The highest BCUT2D eigenvalue weighted by Gasteiger charge is 2.31. The molecule has 3 nitrogen and oxygen atoms in total. The van der Waals surface area contributed by atoms with Crippen LogP contribution >= 0.6 is 0 Å². The molecule has 0 radical (unpaired) electrons. The van der Waals surface area contributed by atoms with Crippen LogP contribution in [0.5, 0.6) is 5.88 Å². The zero-order valence-corrected chi connectivity index (χ0v) is 8.03. The van der Waals surface area contributed by atoms with Gasteiger partial charge in [-0.2, -0.15) is 0 Å². The highest BCUT2D eigenvalue weighted by atomic mass is 19.1. The number of nitrogens with zero attached hydrogens (tertiary/aromatic N) is 1. The predicted octanol–water partition coefficient (Wildman–Crippen LogP) is 1.64. The Morgan fingerprint density at radius 1 is 1.64 bits per heavy atom. The average Bonchev–Trinajstić information content (AvgIpc) is 3.00. The molecule has 1 aliphatic carbocycles. The van der Waals surface area contributed by atoms with Crippen molar-refractivity contribution < 1.29 is 9.13 Å². The minimum absolute atomic E-state index is 0.0265. The Morgan fingerprint density at radius 3 is 2.93 bits per heavy atom. The number of pyridine rings is 1. The second-order valence-corrected chi connectivity index (χ2v) is 3.59. The minimum Gasteiger partial charge on any atom is -0.479 e. The largest absolute Gasteiger partial charge is 0.479 e. The van der Waals surface area contributed by atoms with Crippen molar-refractivity contribution >= 4 is 0 Å². The van der Waals surface area contributed by atoms with E-state index in [1.165, 1.54) is 13.3 Å². The topological polar surface area (TPSA) is 48.1 Å². The van der Waals surface area contributed by atoms with E-state index >= 15 is 0 Å². The van der Waals surface area contributed by atoms with E-state index in [0.717, 1.165) is 12.8 Å². The highest BCUT2D eigenvalue weighted by Crippen LogP contribution is 2.40. The first kappa shape index (κ1) is 9.40. The number of methoxy groups -OCH3 is 1. The molecular weight excluding hydrogens is 183 g/mol. The molecule has 1 aliphatic rings. The second kappa shape index (κ2) is 3.53. The van der Waals surface area contributed by atoms with Gasteiger partial charge in [-0.3, -0.25) is 0 Å². The van der Waals surface area contributed by atoms with Gasteiger partial charge in [0, 0.05) is 17.8 Å². The third kappa shape index (κ3) is 1.57. The molecule has 1 unspecified atom stereocenters.